The molecule has 0 aliphatic carbocycles. The number of halogens is 1. The maximum absolute atomic E-state index is 12.1. The molecule has 1 heterocycles. The van der Waals surface area contributed by atoms with Crippen molar-refractivity contribution < 1.29 is 14.3 Å². The van der Waals surface area contributed by atoms with E-state index in [4.69, 9.17) is 16.3 Å². The van der Waals surface area contributed by atoms with E-state index in [-0.39, 0.29) is 11.8 Å². The molecule has 0 aromatic heterocycles. The molecule has 1 atom stereocenters. The Labute approximate surface area is 155 Å². The molecule has 0 saturated heterocycles. The standard InChI is InChI=1S/C18H17ClN2O3S/c1-11-18(23)21-15-10-13(4-7-16(15)24-11)20-17(22)8-9-25-14-5-2-12(19)3-6-14/h2-7,10-11H,8-9H2,1H3,(H,20,22)(H,21,23). The Morgan fingerprint density at radius 3 is 2.80 bits per heavy atom. The van der Waals surface area contributed by atoms with Gasteiger partial charge in [-0.25, -0.2) is 0 Å². The second-order valence-electron chi connectivity index (χ2n) is 5.56. The first kappa shape index (κ1) is 17.6. The van der Waals surface area contributed by atoms with Crippen molar-refractivity contribution in [3.8, 4) is 5.75 Å². The van der Waals surface area contributed by atoms with Crippen molar-refractivity contribution in [2.24, 2.45) is 0 Å². The topological polar surface area (TPSA) is 67.4 Å². The number of nitrogens with one attached hydrogen (secondary N) is 2. The van der Waals surface area contributed by atoms with Crippen molar-refractivity contribution in [1.29, 1.82) is 0 Å². The van der Waals surface area contributed by atoms with Crippen LogP contribution in [0, 0.1) is 0 Å². The fourth-order valence-electron chi connectivity index (χ4n) is 2.30. The molecule has 1 unspecified atom stereocenters. The van der Waals surface area contributed by atoms with Gasteiger partial charge in [0, 0.05) is 27.8 Å². The molecule has 2 N–H and O–H groups in total. The van der Waals surface area contributed by atoms with E-state index in [1.54, 1.807) is 36.9 Å². The van der Waals surface area contributed by atoms with Crippen LogP contribution < -0.4 is 15.4 Å². The van der Waals surface area contributed by atoms with Crippen molar-refractivity contribution in [3.05, 3.63) is 47.5 Å². The number of benzene rings is 2. The summed E-state index contributed by atoms with van der Waals surface area (Å²) in [5, 5.41) is 6.29. The summed E-state index contributed by atoms with van der Waals surface area (Å²) in [5.74, 6) is 0.979. The predicted molar refractivity (Wildman–Crippen MR) is 101 cm³/mol. The number of amides is 2. The van der Waals surface area contributed by atoms with Gasteiger partial charge in [0.2, 0.25) is 5.91 Å². The lowest BCUT2D eigenvalue weighted by Crippen LogP contribution is -2.34. The van der Waals surface area contributed by atoms with E-state index in [1.165, 1.54) is 0 Å². The maximum atomic E-state index is 12.1. The molecule has 2 aromatic rings. The Morgan fingerprint density at radius 2 is 2.04 bits per heavy atom. The lowest BCUT2D eigenvalue weighted by Gasteiger charge is -2.23. The van der Waals surface area contributed by atoms with Crippen molar-refractivity contribution in [2.75, 3.05) is 16.4 Å². The zero-order chi connectivity index (χ0) is 17.8. The number of ether oxygens (including phenoxy) is 1. The summed E-state index contributed by atoms with van der Waals surface area (Å²) in [4.78, 5) is 24.8. The van der Waals surface area contributed by atoms with Gasteiger partial charge in [-0.15, -0.1) is 11.8 Å². The van der Waals surface area contributed by atoms with Gasteiger partial charge >= 0.3 is 0 Å². The van der Waals surface area contributed by atoms with Gasteiger partial charge in [-0.1, -0.05) is 11.6 Å². The van der Waals surface area contributed by atoms with E-state index in [9.17, 15) is 9.59 Å². The molecule has 2 amide bonds. The number of hydrogen-bond acceptors (Lipinski definition) is 4. The Morgan fingerprint density at radius 1 is 1.28 bits per heavy atom. The Balaban J connectivity index is 1.52. The van der Waals surface area contributed by atoms with Gasteiger partial charge in [0.05, 0.1) is 5.69 Å². The summed E-state index contributed by atoms with van der Waals surface area (Å²) in [6, 6.07) is 12.7. The molecule has 0 saturated carbocycles. The summed E-state index contributed by atoms with van der Waals surface area (Å²) in [5.41, 5.74) is 1.19. The molecule has 0 fully saturated rings. The molecule has 5 nitrogen and oxygen atoms in total. The summed E-state index contributed by atoms with van der Waals surface area (Å²) < 4.78 is 5.49. The highest BCUT2D eigenvalue weighted by Gasteiger charge is 2.23. The van der Waals surface area contributed by atoms with Gasteiger partial charge < -0.3 is 15.4 Å². The van der Waals surface area contributed by atoms with Gasteiger partial charge in [0.25, 0.3) is 5.91 Å². The number of thioether (sulfide) groups is 1. The first-order valence-electron chi connectivity index (χ1n) is 7.81. The van der Waals surface area contributed by atoms with Gasteiger partial charge in [0.1, 0.15) is 5.75 Å². The predicted octanol–water partition coefficient (Wildman–Crippen LogP) is 4.18. The van der Waals surface area contributed by atoms with E-state index in [2.05, 4.69) is 10.6 Å². The second kappa shape index (κ2) is 7.80. The normalized spacial score (nSPS) is 15.8. The number of fused-ring (bicyclic) bond motifs is 1. The quantitative estimate of drug-likeness (QED) is 0.768. The fraction of sp³-hybridized carbons (Fsp3) is 0.222. The van der Waals surface area contributed by atoms with Gasteiger partial charge in [-0.05, 0) is 49.4 Å². The zero-order valence-corrected chi connectivity index (χ0v) is 15.1. The lowest BCUT2D eigenvalue weighted by atomic mass is 10.2. The largest absolute Gasteiger partial charge is 0.479 e. The summed E-state index contributed by atoms with van der Waals surface area (Å²) in [6.07, 6.45) is -0.137. The van der Waals surface area contributed by atoms with Crippen LogP contribution in [-0.2, 0) is 9.59 Å². The first-order valence-corrected chi connectivity index (χ1v) is 9.17. The number of carbonyl (C=O) groups excluding carboxylic acids is 2. The summed E-state index contributed by atoms with van der Waals surface area (Å²) in [6.45, 7) is 1.69. The molecule has 3 rings (SSSR count). The molecule has 7 heteroatoms. The number of carbonyl (C=O) groups is 2. The summed E-state index contributed by atoms with van der Waals surface area (Å²) in [7, 11) is 0. The highest BCUT2D eigenvalue weighted by molar-refractivity contribution is 7.99. The molecule has 0 radical (unpaired) electrons. The lowest BCUT2D eigenvalue weighted by molar-refractivity contribution is -0.122. The molecular formula is C18H17ClN2O3S. The van der Waals surface area contributed by atoms with Gasteiger partial charge in [-0.3, -0.25) is 9.59 Å². The van der Waals surface area contributed by atoms with Crippen molar-refractivity contribution >= 4 is 46.6 Å². The van der Waals surface area contributed by atoms with Crippen LogP contribution in [0.3, 0.4) is 0 Å². The highest BCUT2D eigenvalue weighted by atomic mass is 35.5. The smallest absolute Gasteiger partial charge is 0.265 e. The van der Waals surface area contributed by atoms with E-state index in [0.29, 0.717) is 34.3 Å². The first-order chi connectivity index (χ1) is 12.0. The minimum Gasteiger partial charge on any atom is -0.479 e. The van der Waals surface area contributed by atoms with Crippen molar-refractivity contribution in [1.82, 2.24) is 0 Å². The molecule has 1 aliphatic heterocycles. The van der Waals surface area contributed by atoms with E-state index in [0.717, 1.165) is 4.90 Å². The minimum absolute atomic E-state index is 0.0853. The van der Waals surface area contributed by atoms with Crippen molar-refractivity contribution in [3.63, 3.8) is 0 Å². The average Bonchev–Trinajstić information content (AvgIpc) is 2.58. The van der Waals surface area contributed by atoms with Crippen molar-refractivity contribution in [2.45, 2.75) is 24.3 Å². The van der Waals surface area contributed by atoms with Gasteiger partial charge in [0.15, 0.2) is 6.10 Å². The second-order valence-corrected chi connectivity index (χ2v) is 7.17. The monoisotopic (exact) mass is 376 g/mol. The molecule has 1 aliphatic rings. The average molecular weight is 377 g/mol. The number of anilines is 2. The van der Waals surface area contributed by atoms with E-state index >= 15 is 0 Å². The number of hydrogen-bond donors (Lipinski definition) is 2. The molecular weight excluding hydrogens is 360 g/mol. The third-order valence-electron chi connectivity index (χ3n) is 3.61. The minimum atomic E-state index is -0.516. The van der Waals surface area contributed by atoms with Crippen LogP contribution >= 0.6 is 23.4 Å². The van der Waals surface area contributed by atoms with Crippen LogP contribution in [0.4, 0.5) is 11.4 Å². The van der Waals surface area contributed by atoms with Crippen LogP contribution in [0.1, 0.15) is 13.3 Å². The third-order valence-corrected chi connectivity index (χ3v) is 4.87. The molecule has 25 heavy (non-hydrogen) atoms. The van der Waals surface area contributed by atoms with Crippen LogP contribution in [0.2, 0.25) is 5.02 Å². The van der Waals surface area contributed by atoms with Crippen LogP contribution in [0.15, 0.2) is 47.4 Å². The molecule has 0 spiro atoms. The van der Waals surface area contributed by atoms with Crippen LogP contribution in [0.25, 0.3) is 0 Å². The molecule has 2 aromatic carbocycles. The third kappa shape index (κ3) is 4.67. The highest BCUT2D eigenvalue weighted by Crippen LogP contribution is 2.32. The van der Waals surface area contributed by atoms with E-state index in [1.807, 2.05) is 24.3 Å². The Hall–Kier alpha value is -2.18. The van der Waals surface area contributed by atoms with E-state index < -0.39 is 6.10 Å². The van der Waals surface area contributed by atoms with Gasteiger partial charge in [-0.2, -0.15) is 0 Å². The Kier molecular flexibility index (Phi) is 5.50. The molecule has 0 bridgehead atoms. The zero-order valence-electron chi connectivity index (χ0n) is 13.5. The maximum Gasteiger partial charge on any atom is 0.265 e. The fourth-order valence-corrected chi connectivity index (χ4v) is 3.28. The Bertz CT molecular complexity index is 795. The molecule has 130 valence electrons. The van der Waals surface area contributed by atoms with Crippen LogP contribution in [0.5, 0.6) is 5.75 Å². The SMILES string of the molecule is CC1Oc2ccc(NC(=O)CCSc3ccc(Cl)cc3)cc2NC1=O. The number of rotatable bonds is 5. The van der Waals surface area contributed by atoms with Crippen LogP contribution in [-0.4, -0.2) is 23.7 Å². The summed E-state index contributed by atoms with van der Waals surface area (Å²) >= 11 is 7.44.